The summed E-state index contributed by atoms with van der Waals surface area (Å²) in [6.07, 6.45) is 2.47. The highest BCUT2D eigenvalue weighted by Crippen LogP contribution is 2.50. The van der Waals surface area contributed by atoms with Crippen LogP contribution in [0.2, 0.25) is 0 Å². The van der Waals surface area contributed by atoms with E-state index in [-0.39, 0.29) is 15.8 Å². The Morgan fingerprint density at radius 2 is 1.00 bits per heavy atom. The van der Waals surface area contributed by atoms with Crippen molar-refractivity contribution in [3.8, 4) is 0 Å². The largest absolute Gasteiger partial charge is 0.0969 e. The van der Waals surface area contributed by atoms with E-state index >= 15 is 0 Å². The van der Waals surface area contributed by atoms with E-state index in [4.69, 9.17) is 0 Å². The predicted molar refractivity (Wildman–Crippen MR) is 107 cm³/mol. The topological polar surface area (TPSA) is 0 Å². The zero-order chi connectivity index (χ0) is 16.9. The molecule has 22 heavy (non-hydrogen) atoms. The van der Waals surface area contributed by atoms with E-state index in [9.17, 15) is 0 Å². The molecule has 0 heterocycles. The van der Waals surface area contributed by atoms with E-state index in [0.717, 1.165) is 22.6 Å². The van der Waals surface area contributed by atoms with Gasteiger partial charge in [-0.15, -0.1) is 0 Å². The first kappa shape index (κ1) is 20.1. The molecule has 1 rings (SSSR count). The molecule has 0 aliphatic rings. The van der Waals surface area contributed by atoms with Crippen molar-refractivity contribution in [1.82, 2.24) is 0 Å². The van der Waals surface area contributed by atoms with Crippen LogP contribution in [0.5, 0.6) is 0 Å². The second-order valence-corrected chi connectivity index (χ2v) is 14.2. The first-order valence-electron chi connectivity index (χ1n) is 8.74. The Labute approximate surface area is 142 Å². The summed E-state index contributed by atoms with van der Waals surface area (Å²) in [4.78, 5) is 0. The molecular formula is C20H35P2. The molecule has 0 aromatic heterocycles. The summed E-state index contributed by atoms with van der Waals surface area (Å²) in [5, 5.41) is 0. The lowest BCUT2D eigenvalue weighted by molar-refractivity contribution is 0.991. The summed E-state index contributed by atoms with van der Waals surface area (Å²) in [5.41, 5.74) is 6.08. The van der Waals surface area contributed by atoms with Gasteiger partial charge in [-0.25, -0.2) is 0 Å². The fourth-order valence-electron chi connectivity index (χ4n) is 3.07. The van der Waals surface area contributed by atoms with Gasteiger partial charge in [0.15, 0.2) is 0 Å². The van der Waals surface area contributed by atoms with Crippen molar-refractivity contribution >= 4 is 15.8 Å². The second-order valence-electron chi connectivity index (χ2n) is 7.42. The van der Waals surface area contributed by atoms with E-state index in [0.29, 0.717) is 0 Å². The minimum atomic E-state index is 0.0615. The molecule has 0 fully saturated rings. The Bertz CT molecular complexity index is 382. The Morgan fingerprint density at radius 1 is 0.682 bits per heavy atom. The van der Waals surface area contributed by atoms with Gasteiger partial charge < -0.3 is 0 Å². The highest BCUT2D eigenvalue weighted by atomic mass is 31.1. The average Bonchev–Trinajstić information content (AvgIpc) is 2.41. The fourth-order valence-corrected chi connectivity index (χ4v) is 8.07. The molecule has 0 spiro atoms. The molecule has 0 bridgehead atoms. The van der Waals surface area contributed by atoms with Crippen molar-refractivity contribution in [3.63, 3.8) is 0 Å². The minimum absolute atomic E-state index is 0.0615. The zero-order valence-electron chi connectivity index (χ0n) is 15.9. The molecule has 0 amide bonds. The summed E-state index contributed by atoms with van der Waals surface area (Å²) in [6, 6.07) is 10.6. The van der Waals surface area contributed by atoms with Gasteiger partial charge in [-0.05, 0) is 52.2 Å². The van der Waals surface area contributed by atoms with Gasteiger partial charge in [0, 0.05) is 0 Å². The van der Waals surface area contributed by atoms with Crippen LogP contribution in [0.4, 0.5) is 0 Å². The lowest BCUT2D eigenvalue weighted by atomic mass is 10.2. The number of rotatable bonds is 8. The average molecular weight is 337 g/mol. The second kappa shape index (κ2) is 9.39. The third-order valence-electron chi connectivity index (χ3n) is 4.27. The molecular weight excluding hydrogens is 302 g/mol. The van der Waals surface area contributed by atoms with Crippen molar-refractivity contribution in [2.24, 2.45) is 0 Å². The molecule has 0 nitrogen and oxygen atoms in total. The van der Waals surface area contributed by atoms with Crippen LogP contribution < -0.4 is 0 Å². The summed E-state index contributed by atoms with van der Waals surface area (Å²) >= 11 is 0. The summed E-state index contributed by atoms with van der Waals surface area (Å²) in [5.74, 6) is 0. The van der Waals surface area contributed by atoms with Gasteiger partial charge in [-0.3, -0.25) is 0 Å². The van der Waals surface area contributed by atoms with Crippen molar-refractivity contribution in [3.05, 3.63) is 35.4 Å². The SMILES string of the molecule is CC(C)P(Cc1[c]c(CP(C(C)C)C(C)C)ccc1)C(C)C. The maximum atomic E-state index is 3.76. The summed E-state index contributed by atoms with van der Waals surface area (Å²) in [7, 11) is 0.123. The fraction of sp³-hybridized carbons (Fsp3) is 0.700. The third-order valence-corrected chi connectivity index (χ3v) is 11.0. The number of benzene rings is 1. The van der Waals surface area contributed by atoms with Crippen molar-refractivity contribution in [1.29, 1.82) is 0 Å². The molecule has 0 aliphatic heterocycles. The van der Waals surface area contributed by atoms with Crippen LogP contribution in [-0.2, 0) is 12.3 Å². The molecule has 2 heteroatoms. The van der Waals surface area contributed by atoms with E-state index in [2.05, 4.69) is 79.7 Å². The van der Waals surface area contributed by atoms with E-state index in [1.165, 1.54) is 23.5 Å². The first-order chi connectivity index (χ1) is 10.2. The predicted octanol–water partition coefficient (Wildman–Crippen LogP) is 7.08. The quantitative estimate of drug-likeness (QED) is 0.444. The lowest BCUT2D eigenvalue weighted by Gasteiger charge is -2.27. The lowest BCUT2D eigenvalue weighted by Crippen LogP contribution is -2.07. The van der Waals surface area contributed by atoms with Crippen molar-refractivity contribution in [2.45, 2.75) is 90.3 Å². The molecule has 0 N–H and O–H groups in total. The molecule has 1 aromatic carbocycles. The molecule has 125 valence electrons. The third kappa shape index (κ3) is 6.29. The first-order valence-corrected chi connectivity index (χ1v) is 12.1. The Balaban J connectivity index is 2.85. The molecule has 0 saturated carbocycles. The van der Waals surface area contributed by atoms with Crippen LogP contribution in [0.3, 0.4) is 0 Å². The van der Waals surface area contributed by atoms with Gasteiger partial charge in [0.05, 0.1) is 0 Å². The van der Waals surface area contributed by atoms with Gasteiger partial charge in [0.1, 0.15) is 0 Å². The maximum Gasteiger partial charge on any atom is -0.00622 e. The van der Waals surface area contributed by atoms with E-state index < -0.39 is 0 Å². The molecule has 1 radical (unpaired) electrons. The summed E-state index contributed by atoms with van der Waals surface area (Å²) < 4.78 is 0. The highest BCUT2D eigenvalue weighted by Gasteiger charge is 2.19. The normalized spacial score (nSPS) is 12.6. The van der Waals surface area contributed by atoms with Gasteiger partial charge in [-0.1, -0.05) is 89.4 Å². The summed E-state index contributed by atoms with van der Waals surface area (Å²) in [6.45, 7) is 19.1. The van der Waals surface area contributed by atoms with Crippen LogP contribution >= 0.6 is 15.8 Å². The van der Waals surface area contributed by atoms with Gasteiger partial charge in [0.2, 0.25) is 0 Å². The highest BCUT2D eigenvalue weighted by molar-refractivity contribution is 7.58. The molecule has 0 aliphatic carbocycles. The molecule has 0 unspecified atom stereocenters. The molecule has 1 aromatic rings. The van der Waals surface area contributed by atoms with Gasteiger partial charge >= 0.3 is 0 Å². The standard InChI is InChI=1S/C20H35P2/c1-15(2)21(16(3)4)13-19-10-9-11-20(12-19)14-22(17(5)6)18(7)8/h9-11,15-18H,13-14H2,1-8H3. The maximum absolute atomic E-state index is 3.76. The van der Waals surface area contributed by atoms with E-state index in [1.54, 1.807) is 0 Å². The Kier molecular flexibility index (Phi) is 8.59. The molecule has 0 saturated heterocycles. The van der Waals surface area contributed by atoms with Crippen LogP contribution in [0.1, 0.15) is 66.5 Å². The van der Waals surface area contributed by atoms with Crippen LogP contribution in [-0.4, -0.2) is 22.6 Å². The minimum Gasteiger partial charge on any atom is -0.0969 e. The smallest absolute Gasteiger partial charge is 0.00622 e. The van der Waals surface area contributed by atoms with Crippen LogP contribution in [0, 0.1) is 6.07 Å². The van der Waals surface area contributed by atoms with E-state index in [1.807, 2.05) is 0 Å². The number of hydrogen-bond acceptors (Lipinski definition) is 0. The van der Waals surface area contributed by atoms with Crippen LogP contribution in [0.25, 0.3) is 0 Å². The van der Waals surface area contributed by atoms with Crippen molar-refractivity contribution in [2.75, 3.05) is 0 Å². The van der Waals surface area contributed by atoms with Gasteiger partial charge in [-0.2, -0.15) is 0 Å². The Hall–Kier alpha value is 0.0800. The van der Waals surface area contributed by atoms with Crippen LogP contribution in [0.15, 0.2) is 18.2 Å². The zero-order valence-corrected chi connectivity index (χ0v) is 17.6. The van der Waals surface area contributed by atoms with Gasteiger partial charge in [0.25, 0.3) is 0 Å². The molecule has 0 atom stereocenters. The number of hydrogen-bond donors (Lipinski definition) is 0. The van der Waals surface area contributed by atoms with Crippen molar-refractivity contribution < 1.29 is 0 Å². The Morgan fingerprint density at radius 3 is 1.27 bits per heavy atom. The monoisotopic (exact) mass is 337 g/mol.